The minimum Gasteiger partial charge on any atom is -0.387 e. The van der Waals surface area contributed by atoms with Crippen LogP contribution in [0.4, 0.5) is 4.39 Å². The van der Waals surface area contributed by atoms with Crippen LogP contribution < -0.4 is 11.2 Å². The van der Waals surface area contributed by atoms with E-state index >= 15 is 0 Å². The zero-order valence-corrected chi connectivity index (χ0v) is 20.4. The zero-order valence-electron chi connectivity index (χ0n) is 16.7. The Labute approximate surface area is 209 Å². The second kappa shape index (κ2) is 9.80. The Bertz CT molecular complexity index is 1300. The highest BCUT2D eigenvalue weighted by molar-refractivity contribution is 14.1. The number of rotatable bonds is 6. The molecule has 176 valence electrons. The molecule has 4 atom stereocenters. The standard InChI is InChI=1S/C19H17Cl2FIN5O5/c20-11-3-1-2-9(14(11)21)5-26-6-10(24-25-26)7-27-17(31)12(22)8-28(19(27)32)18-16(30)15(29)13(4-23)33-18/h1-3,6,8,13,15-16,18,29-30H,4-5,7H2. The Balaban J connectivity index is 1.62. The van der Waals surface area contributed by atoms with Crippen LogP contribution in [-0.4, -0.2) is 57.1 Å². The highest BCUT2D eigenvalue weighted by atomic mass is 127. The molecule has 10 nitrogen and oxygen atoms in total. The molecule has 3 heterocycles. The summed E-state index contributed by atoms with van der Waals surface area (Å²) in [4.78, 5) is 25.3. The molecule has 0 amide bonds. The molecular formula is C19H17Cl2FIN5O5. The van der Waals surface area contributed by atoms with Crippen LogP contribution in [0.3, 0.4) is 0 Å². The van der Waals surface area contributed by atoms with Gasteiger partial charge in [0.1, 0.15) is 17.9 Å². The van der Waals surface area contributed by atoms with Crippen LogP contribution in [0.25, 0.3) is 0 Å². The van der Waals surface area contributed by atoms with Crippen LogP contribution in [0.2, 0.25) is 10.0 Å². The van der Waals surface area contributed by atoms with E-state index in [9.17, 15) is 24.2 Å². The van der Waals surface area contributed by atoms with Crippen molar-refractivity contribution < 1.29 is 19.3 Å². The van der Waals surface area contributed by atoms with Crippen molar-refractivity contribution in [3.8, 4) is 0 Å². The van der Waals surface area contributed by atoms with Gasteiger partial charge in [-0.1, -0.05) is 63.1 Å². The summed E-state index contributed by atoms with van der Waals surface area (Å²) in [6.07, 6.45) is -2.70. The Kier molecular flexibility index (Phi) is 7.21. The summed E-state index contributed by atoms with van der Waals surface area (Å²) in [6, 6.07) is 5.14. The topological polar surface area (TPSA) is 124 Å². The molecule has 2 N–H and O–H groups in total. The first kappa shape index (κ1) is 24.3. The zero-order chi connectivity index (χ0) is 23.9. The van der Waals surface area contributed by atoms with Gasteiger partial charge in [-0.25, -0.2) is 9.48 Å². The van der Waals surface area contributed by atoms with Crippen molar-refractivity contribution >= 4 is 45.8 Å². The van der Waals surface area contributed by atoms with Crippen LogP contribution in [0.5, 0.6) is 0 Å². The van der Waals surface area contributed by atoms with Gasteiger partial charge in [0.2, 0.25) is 5.82 Å². The molecule has 4 rings (SSSR count). The predicted octanol–water partition coefficient (Wildman–Crippen LogP) is 1.20. The summed E-state index contributed by atoms with van der Waals surface area (Å²) in [7, 11) is 0. The molecule has 0 radical (unpaired) electrons. The average Bonchev–Trinajstić information content (AvgIpc) is 3.35. The summed E-state index contributed by atoms with van der Waals surface area (Å²) in [5.74, 6) is -1.23. The van der Waals surface area contributed by atoms with Gasteiger partial charge in [0.05, 0.1) is 41.6 Å². The van der Waals surface area contributed by atoms with Crippen LogP contribution in [-0.2, 0) is 17.8 Å². The van der Waals surface area contributed by atoms with Crippen molar-refractivity contribution in [1.29, 1.82) is 0 Å². The number of halogens is 4. The summed E-state index contributed by atoms with van der Waals surface area (Å²) >= 11 is 14.2. The maximum atomic E-state index is 14.4. The summed E-state index contributed by atoms with van der Waals surface area (Å²) in [5.41, 5.74) is -1.20. The molecule has 2 aromatic heterocycles. The molecule has 33 heavy (non-hydrogen) atoms. The molecule has 1 aliphatic rings. The molecule has 1 aromatic carbocycles. The first-order chi connectivity index (χ1) is 15.7. The van der Waals surface area contributed by atoms with Crippen LogP contribution in [0.1, 0.15) is 17.5 Å². The number of aliphatic hydroxyl groups is 2. The second-order valence-electron chi connectivity index (χ2n) is 7.38. The number of hydrogen-bond donors (Lipinski definition) is 2. The SMILES string of the molecule is O=c1c(F)cn(C2OC(CI)C(O)C2O)c(=O)n1Cc1cn(Cc2cccc(Cl)c2Cl)nn1. The number of nitrogens with zero attached hydrogens (tertiary/aromatic N) is 5. The second-order valence-corrected chi connectivity index (χ2v) is 9.05. The van der Waals surface area contributed by atoms with E-state index in [2.05, 4.69) is 10.3 Å². The average molecular weight is 612 g/mol. The molecule has 1 aliphatic heterocycles. The quantitative estimate of drug-likeness (QED) is 0.317. The number of hydrogen-bond acceptors (Lipinski definition) is 7. The lowest BCUT2D eigenvalue weighted by atomic mass is 10.1. The monoisotopic (exact) mass is 611 g/mol. The molecule has 1 fully saturated rings. The predicted molar refractivity (Wildman–Crippen MR) is 124 cm³/mol. The number of ether oxygens (including phenoxy) is 1. The molecule has 14 heteroatoms. The first-order valence-electron chi connectivity index (χ1n) is 9.62. The van der Waals surface area contributed by atoms with Gasteiger partial charge in [-0.05, 0) is 11.6 Å². The molecule has 0 spiro atoms. The summed E-state index contributed by atoms with van der Waals surface area (Å²) in [6.45, 7) is -0.147. The van der Waals surface area contributed by atoms with E-state index in [1.807, 2.05) is 22.6 Å². The van der Waals surface area contributed by atoms with Gasteiger partial charge in [0.25, 0.3) is 5.56 Å². The maximum absolute atomic E-state index is 14.4. The Hall–Kier alpha value is -1.84. The lowest BCUT2D eigenvalue weighted by molar-refractivity contribution is -0.0348. The fraction of sp³-hybridized carbons (Fsp3) is 0.368. The number of benzene rings is 1. The highest BCUT2D eigenvalue weighted by Crippen LogP contribution is 2.29. The summed E-state index contributed by atoms with van der Waals surface area (Å²) in [5, 5.41) is 29.0. The fourth-order valence-corrected chi connectivity index (χ4v) is 4.60. The van der Waals surface area contributed by atoms with Gasteiger partial charge in [0.15, 0.2) is 6.23 Å². The largest absolute Gasteiger partial charge is 0.387 e. The maximum Gasteiger partial charge on any atom is 0.333 e. The lowest BCUT2D eigenvalue weighted by Crippen LogP contribution is -2.44. The Morgan fingerprint density at radius 2 is 1.91 bits per heavy atom. The third-order valence-corrected chi connectivity index (χ3v) is 6.91. The van der Waals surface area contributed by atoms with Crippen molar-refractivity contribution in [2.24, 2.45) is 0 Å². The Morgan fingerprint density at radius 3 is 2.61 bits per heavy atom. The van der Waals surface area contributed by atoms with Gasteiger partial charge in [-0.3, -0.25) is 13.9 Å². The molecular weight excluding hydrogens is 595 g/mol. The van der Waals surface area contributed by atoms with Crippen molar-refractivity contribution in [3.63, 3.8) is 0 Å². The van der Waals surface area contributed by atoms with Gasteiger partial charge in [-0.2, -0.15) is 4.39 Å². The molecule has 0 saturated carbocycles. The minimum absolute atomic E-state index is 0.211. The van der Waals surface area contributed by atoms with Crippen LogP contribution >= 0.6 is 45.8 Å². The number of aliphatic hydroxyl groups excluding tert-OH is 2. The number of aromatic nitrogens is 5. The van der Waals surface area contributed by atoms with E-state index in [4.69, 9.17) is 27.9 Å². The van der Waals surface area contributed by atoms with Gasteiger partial charge < -0.3 is 14.9 Å². The van der Waals surface area contributed by atoms with Gasteiger partial charge in [-0.15, -0.1) is 5.10 Å². The molecule has 0 bridgehead atoms. The number of alkyl halides is 1. The third-order valence-electron chi connectivity index (χ3n) is 5.19. The Morgan fingerprint density at radius 1 is 1.15 bits per heavy atom. The van der Waals surface area contributed by atoms with E-state index in [0.29, 0.717) is 30.8 Å². The molecule has 3 aromatic rings. The fourth-order valence-electron chi connectivity index (χ4n) is 3.49. The molecule has 1 saturated heterocycles. The summed E-state index contributed by atoms with van der Waals surface area (Å²) < 4.78 is 23.0. The van der Waals surface area contributed by atoms with E-state index in [0.717, 1.165) is 4.57 Å². The van der Waals surface area contributed by atoms with Crippen molar-refractivity contribution in [2.75, 3.05) is 4.43 Å². The normalized spacial score (nSPS) is 22.7. The van der Waals surface area contributed by atoms with E-state index in [1.165, 1.54) is 10.9 Å². The molecule has 4 unspecified atom stereocenters. The van der Waals surface area contributed by atoms with Crippen LogP contribution in [0, 0.1) is 5.82 Å². The van der Waals surface area contributed by atoms with Crippen molar-refractivity contribution in [2.45, 2.75) is 37.6 Å². The van der Waals surface area contributed by atoms with Crippen molar-refractivity contribution in [3.05, 3.63) is 78.6 Å². The van der Waals surface area contributed by atoms with Gasteiger partial charge in [0, 0.05) is 4.43 Å². The van der Waals surface area contributed by atoms with Crippen molar-refractivity contribution in [1.82, 2.24) is 24.1 Å². The minimum atomic E-state index is -1.48. The van der Waals surface area contributed by atoms with E-state index in [-0.39, 0.29) is 18.8 Å². The van der Waals surface area contributed by atoms with Crippen LogP contribution in [0.15, 0.2) is 40.2 Å². The lowest BCUT2D eigenvalue weighted by Gasteiger charge is -2.18. The van der Waals surface area contributed by atoms with Gasteiger partial charge >= 0.3 is 5.69 Å². The smallest absolute Gasteiger partial charge is 0.333 e. The highest BCUT2D eigenvalue weighted by Gasteiger charge is 2.44. The van der Waals surface area contributed by atoms with E-state index < -0.39 is 41.6 Å². The van der Waals surface area contributed by atoms with E-state index in [1.54, 1.807) is 18.2 Å². The third kappa shape index (κ3) is 4.72. The molecule has 0 aliphatic carbocycles. The first-order valence-corrected chi connectivity index (χ1v) is 11.9.